The van der Waals surface area contributed by atoms with E-state index in [0.717, 1.165) is 6.92 Å². The number of hydrogen-bond donors (Lipinski definition) is 22. The maximum atomic E-state index is 15.3. The van der Waals surface area contributed by atoms with Crippen molar-refractivity contribution >= 4 is 105 Å². The SMILES string of the molecule is CSCC[C@H](NC(=O)[C@H](CCC(N)=O)NC(=O)[C@@H](NC(=O)[C@H](Cc1c[nH]c2ccccc12)NC(=O)[C@H](Cc1ccc(O)cc1)NC(=O)[C@H](Cc1cnc[nH]1)NC(=O)[C@@H](NC(=O)[C@H](Cc1cnc[nH]1)NC(=O)[C@@H](N)CC(N)=O)C(C)C)[C@@H](C)O)C(=O)N[C@@H](Cc1ccccc1)C(=O)N[C@@H](Cc1ccc(O)cc1)C(=O)N[C@@H](CO)C(=O)O. The summed E-state index contributed by atoms with van der Waals surface area (Å²) in [7, 11) is 0. The fraction of sp³-hybridized carbons (Fsp3) is 0.395. The van der Waals surface area contributed by atoms with Gasteiger partial charge in [0.1, 0.15) is 78.0 Å². The van der Waals surface area contributed by atoms with Crippen molar-refractivity contribution < 1.29 is 92.7 Å². The first-order valence-corrected chi connectivity index (χ1v) is 37.9. The summed E-state index contributed by atoms with van der Waals surface area (Å²) in [5, 5.41) is 79.8. The largest absolute Gasteiger partial charge is 0.508 e. The number of carboxylic acids is 1. The van der Waals surface area contributed by atoms with E-state index in [1.54, 1.807) is 80.9 Å². The Morgan fingerprint density at radius 1 is 0.443 bits per heavy atom. The third-order valence-electron chi connectivity index (χ3n) is 18.3. The van der Waals surface area contributed by atoms with Crippen molar-refractivity contribution in [2.45, 2.75) is 164 Å². The highest BCUT2D eigenvalue weighted by atomic mass is 32.2. The van der Waals surface area contributed by atoms with E-state index >= 15 is 14.4 Å². The number of rotatable bonds is 46. The second kappa shape index (κ2) is 43.9. The number of primary amides is 2. The van der Waals surface area contributed by atoms with Crippen LogP contribution in [0, 0.1) is 5.92 Å². The Morgan fingerprint density at radius 2 is 0.835 bits per heavy atom. The van der Waals surface area contributed by atoms with Gasteiger partial charge in [0.05, 0.1) is 37.8 Å². The Kier molecular flexibility index (Phi) is 34.1. The van der Waals surface area contributed by atoms with Gasteiger partial charge in [0.25, 0.3) is 0 Å². The van der Waals surface area contributed by atoms with Crippen LogP contribution in [0.1, 0.15) is 80.1 Å². The molecule has 0 saturated carbocycles. The van der Waals surface area contributed by atoms with Gasteiger partial charge in [0, 0.05) is 85.8 Å². The molecule has 0 fully saturated rings. The third-order valence-corrected chi connectivity index (χ3v) is 19.0. The number of aliphatic hydroxyl groups excluding tert-OH is 2. The molecule has 0 spiro atoms. The van der Waals surface area contributed by atoms with Crippen LogP contribution in [0.3, 0.4) is 0 Å². The van der Waals surface area contributed by atoms with Crippen molar-refractivity contribution in [2.24, 2.45) is 23.1 Å². The second-order valence-corrected chi connectivity index (χ2v) is 28.6. The van der Waals surface area contributed by atoms with E-state index in [0.29, 0.717) is 44.5 Å². The molecule has 0 bridgehead atoms. The molecule has 0 radical (unpaired) electrons. The summed E-state index contributed by atoms with van der Waals surface area (Å²) in [6.45, 7) is 3.28. The number of aromatic nitrogens is 5. The maximum absolute atomic E-state index is 15.3. The first kappa shape index (κ1) is 89.5. The Labute approximate surface area is 663 Å². The molecule has 0 aliphatic rings. The highest BCUT2D eigenvalue weighted by Gasteiger charge is 2.39. The Morgan fingerprint density at radius 3 is 1.28 bits per heavy atom. The fourth-order valence-electron chi connectivity index (χ4n) is 12.0. The number of nitrogens with one attached hydrogen (secondary N) is 14. The molecule has 0 aliphatic carbocycles. The lowest BCUT2D eigenvalue weighted by atomic mass is 10.00. The lowest BCUT2D eigenvalue weighted by Crippen LogP contribution is -2.63. The molecule has 3 heterocycles. The van der Waals surface area contributed by atoms with E-state index in [1.807, 2.05) is 0 Å². The van der Waals surface area contributed by atoms with E-state index in [4.69, 9.17) is 17.2 Å². The molecule has 7 aromatic rings. The normalized spacial score (nSPS) is 14.6. The number of carboxylic acid groups (broad SMARTS) is 1. The zero-order chi connectivity index (χ0) is 84.0. The van der Waals surface area contributed by atoms with Gasteiger partial charge in [-0.05, 0) is 90.3 Å². The van der Waals surface area contributed by atoms with Gasteiger partial charge in [0.2, 0.25) is 76.8 Å². The molecule has 3 aromatic heterocycles. The number of H-pyrrole nitrogens is 3. The average Bonchev–Trinajstić information content (AvgIpc) is 1.44. The van der Waals surface area contributed by atoms with Gasteiger partial charge >= 0.3 is 5.97 Å². The van der Waals surface area contributed by atoms with Crippen LogP contribution >= 0.6 is 11.8 Å². The van der Waals surface area contributed by atoms with Crippen LogP contribution in [0.25, 0.3) is 10.9 Å². The summed E-state index contributed by atoms with van der Waals surface area (Å²) in [4.78, 5) is 213. The molecule has 0 unspecified atom stereocenters. The quantitative estimate of drug-likeness (QED) is 0.0176. The number of benzene rings is 4. The molecule has 39 heteroatoms. The van der Waals surface area contributed by atoms with Crippen molar-refractivity contribution in [1.82, 2.24) is 83.4 Å². The number of aromatic amines is 3. The highest BCUT2D eigenvalue weighted by molar-refractivity contribution is 7.98. The van der Waals surface area contributed by atoms with Crippen LogP contribution < -0.4 is 75.7 Å². The highest BCUT2D eigenvalue weighted by Crippen LogP contribution is 2.22. The number of aromatic hydroxyl groups is 2. The fourth-order valence-corrected chi connectivity index (χ4v) is 12.5. The van der Waals surface area contributed by atoms with Gasteiger partial charge < -0.3 is 116 Å². The van der Waals surface area contributed by atoms with Gasteiger partial charge in [-0.15, -0.1) is 0 Å². The number of carbonyl (C=O) groups excluding carboxylic acids is 13. The Balaban J connectivity index is 1.15. The number of hydrogen-bond acceptors (Lipinski definition) is 22. The molecular formula is C76H97N19O19S. The van der Waals surface area contributed by atoms with Crippen molar-refractivity contribution in [3.8, 4) is 11.5 Å². The molecule has 0 aliphatic heterocycles. The number of amides is 13. The van der Waals surface area contributed by atoms with E-state index in [1.165, 1.54) is 85.3 Å². The zero-order valence-corrected chi connectivity index (χ0v) is 64.1. The van der Waals surface area contributed by atoms with Gasteiger partial charge in [-0.25, -0.2) is 14.8 Å². The number of aliphatic hydroxyl groups is 2. The predicted octanol–water partition coefficient (Wildman–Crippen LogP) is -3.55. The predicted molar refractivity (Wildman–Crippen MR) is 416 cm³/mol. The molecule has 13 amide bonds. The molecular weight excluding hydrogens is 1520 g/mol. The molecule has 4 aromatic carbocycles. The van der Waals surface area contributed by atoms with Crippen LogP contribution in [-0.4, -0.2) is 230 Å². The van der Waals surface area contributed by atoms with Crippen molar-refractivity contribution in [3.05, 3.63) is 168 Å². The number of aliphatic carboxylic acids is 1. The summed E-state index contributed by atoms with van der Waals surface area (Å²) >= 11 is 1.26. The lowest BCUT2D eigenvalue weighted by Gasteiger charge is -2.29. The van der Waals surface area contributed by atoms with Gasteiger partial charge in [-0.3, -0.25) is 62.3 Å². The van der Waals surface area contributed by atoms with E-state index in [2.05, 4.69) is 83.4 Å². The minimum absolute atomic E-state index is 0.125. The number of nitrogens with two attached hydrogens (primary N) is 3. The van der Waals surface area contributed by atoms with Crippen LogP contribution in [-0.2, 0) is 106 Å². The second-order valence-electron chi connectivity index (χ2n) is 27.6. The van der Waals surface area contributed by atoms with Crippen LogP contribution in [0.15, 0.2) is 134 Å². The Hall–Kier alpha value is -12.8. The van der Waals surface area contributed by atoms with E-state index in [9.17, 15) is 78.3 Å². The zero-order valence-electron chi connectivity index (χ0n) is 63.3. The number of para-hydroxylation sites is 1. The average molecular weight is 1610 g/mol. The molecule has 25 N–H and O–H groups in total. The molecule has 7 rings (SSSR count). The standard InChI is InChI=1S/C76H97N19O19S/c1-39(2)63(94-73(110)59(31-46-35-81-38-84-46)87-65(102)50(77)32-62(79)101)74(111)92-58(30-45-34-80-37-83-45)71(108)90-55(27-42-14-18-47(98)19-15-42)69(106)91-57(29-44-33-82-51-13-9-8-12-49(44)51)72(109)95-64(40(3)97)75(112)86-52(22-23-61(78)100)66(103)85-53(24-25-115-4)67(104)88-54(26-41-10-6-5-7-11-41)68(105)89-56(28-43-16-20-48(99)21-17-43)70(107)93-60(36-96)76(113)114/h5-21,33-35,37-40,50,52-60,63-64,82,96-99H,22-32,36,77H2,1-4H3,(H2,78,100)(H2,79,101)(H,80,83)(H,81,84)(H,85,103)(H,86,112)(H,87,102)(H,88,104)(H,89,105)(H,90,108)(H,91,106)(H,92,111)(H,93,107)(H,94,110)(H,95,109)(H,113,114)/t40-,50+,52+,53+,54+,55+,56+,57+,58+,59+,60+,63+,64+/m1/s1. The summed E-state index contributed by atoms with van der Waals surface area (Å²) in [5.41, 5.74) is 19.7. The Bertz CT molecular complexity index is 4480. The van der Waals surface area contributed by atoms with Crippen LogP contribution in [0.5, 0.6) is 11.5 Å². The molecule has 0 saturated heterocycles. The van der Waals surface area contributed by atoms with Crippen molar-refractivity contribution in [2.75, 3.05) is 18.6 Å². The number of thioether (sulfide) groups is 1. The van der Waals surface area contributed by atoms with Gasteiger partial charge in [-0.1, -0.05) is 86.6 Å². The first-order chi connectivity index (χ1) is 54.8. The van der Waals surface area contributed by atoms with E-state index < -0.39 is 193 Å². The first-order valence-electron chi connectivity index (χ1n) is 36.6. The minimum atomic E-state index is -1.99. The van der Waals surface area contributed by atoms with Crippen molar-refractivity contribution in [3.63, 3.8) is 0 Å². The number of phenolic OH excluding ortho intramolecular Hbond substituents is 2. The number of carbonyl (C=O) groups is 14. The van der Waals surface area contributed by atoms with Gasteiger partial charge in [-0.2, -0.15) is 11.8 Å². The molecule has 115 heavy (non-hydrogen) atoms. The summed E-state index contributed by atoms with van der Waals surface area (Å²) in [6.07, 6.45) is 3.33. The van der Waals surface area contributed by atoms with Crippen molar-refractivity contribution in [1.29, 1.82) is 0 Å². The summed E-state index contributed by atoms with van der Waals surface area (Å²) in [6, 6.07) is 6.80. The van der Waals surface area contributed by atoms with Crippen LogP contribution in [0.4, 0.5) is 0 Å². The monoisotopic (exact) mass is 1610 g/mol. The number of fused-ring (bicyclic) bond motifs is 1. The molecule has 38 nitrogen and oxygen atoms in total. The molecule has 13 atom stereocenters. The summed E-state index contributed by atoms with van der Waals surface area (Å²) in [5.74, 6) is -15.4. The number of imidazole rings is 2. The third kappa shape index (κ3) is 28.1. The topological polar surface area (TPSA) is 624 Å². The summed E-state index contributed by atoms with van der Waals surface area (Å²) < 4.78 is 0. The smallest absolute Gasteiger partial charge is 0.328 e. The molecule has 616 valence electrons. The minimum Gasteiger partial charge on any atom is -0.508 e. The maximum Gasteiger partial charge on any atom is 0.328 e. The lowest BCUT2D eigenvalue weighted by molar-refractivity contribution is -0.143. The number of phenols is 2. The number of nitrogens with zero attached hydrogens (tertiary/aromatic N) is 2. The van der Waals surface area contributed by atoms with E-state index in [-0.39, 0.29) is 62.2 Å². The van der Waals surface area contributed by atoms with Gasteiger partial charge in [0.15, 0.2) is 0 Å². The van der Waals surface area contributed by atoms with Crippen LogP contribution in [0.2, 0.25) is 0 Å².